The van der Waals surface area contributed by atoms with Crippen molar-refractivity contribution in [2.75, 3.05) is 6.54 Å². The van der Waals surface area contributed by atoms with Gasteiger partial charge in [-0.05, 0) is 30.5 Å². The number of unbranched alkanes of at least 4 members (excludes halogenated alkanes) is 1. The van der Waals surface area contributed by atoms with Crippen molar-refractivity contribution in [3.63, 3.8) is 0 Å². The fraction of sp³-hybridized carbons (Fsp3) is 0.500. The van der Waals surface area contributed by atoms with Crippen LogP contribution in [0.4, 0.5) is 0 Å². The van der Waals surface area contributed by atoms with E-state index in [1.165, 1.54) is 17.3 Å². The van der Waals surface area contributed by atoms with Gasteiger partial charge in [-0.1, -0.05) is 44.7 Å². The fourth-order valence-corrected chi connectivity index (χ4v) is 2.83. The molecule has 1 amide bonds. The minimum absolute atomic E-state index is 0.0293. The van der Waals surface area contributed by atoms with Gasteiger partial charge < -0.3 is 5.32 Å². The van der Waals surface area contributed by atoms with E-state index >= 15 is 0 Å². The summed E-state index contributed by atoms with van der Waals surface area (Å²) in [6, 6.07) is 4.97. The van der Waals surface area contributed by atoms with Crippen molar-refractivity contribution in [1.82, 2.24) is 14.9 Å². The van der Waals surface area contributed by atoms with Gasteiger partial charge in [0.05, 0.1) is 17.2 Å². The largest absolute Gasteiger partial charge is 0.354 e. The molecule has 0 saturated heterocycles. The molecule has 1 heterocycles. The molecule has 0 spiro atoms. The van der Waals surface area contributed by atoms with Gasteiger partial charge in [-0.15, -0.1) is 0 Å². The van der Waals surface area contributed by atoms with E-state index in [0.29, 0.717) is 28.4 Å². The molecule has 130 valence electrons. The fourth-order valence-electron chi connectivity index (χ4n) is 2.66. The Kier molecular flexibility index (Phi) is 6.79. The van der Waals surface area contributed by atoms with E-state index in [1.54, 1.807) is 18.2 Å². The molecule has 6 heteroatoms. The van der Waals surface area contributed by atoms with Gasteiger partial charge in [-0.2, -0.15) is 0 Å². The van der Waals surface area contributed by atoms with Crippen LogP contribution in [-0.4, -0.2) is 22.0 Å². The Bertz CT molecular complexity index is 758. The number of hydrogen-bond acceptors (Lipinski definition) is 3. The topological polar surface area (TPSA) is 64.0 Å². The first kappa shape index (κ1) is 18.5. The summed E-state index contributed by atoms with van der Waals surface area (Å²) in [4.78, 5) is 28.8. The van der Waals surface area contributed by atoms with E-state index in [1.807, 2.05) is 0 Å². The Morgan fingerprint density at radius 2 is 2.17 bits per heavy atom. The number of carbonyl (C=O) groups excluding carboxylic acids is 1. The zero-order valence-electron chi connectivity index (χ0n) is 14.2. The molecule has 1 aromatic carbocycles. The molecule has 0 bridgehead atoms. The standard InChI is InChI=1S/C18H24ClN3O2/c1-3-5-6-13(4-2)10-20-17(23)11-22-12-21-16-8-7-14(19)9-15(16)18(22)24/h7-9,12-13H,3-6,10-11H2,1-2H3,(H,20,23)/t13-/m0/s1. The van der Waals surface area contributed by atoms with Gasteiger partial charge in [0.2, 0.25) is 5.91 Å². The monoisotopic (exact) mass is 349 g/mol. The number of halogens is 1. The van der Waals surface area contributed by atoms with Crippen LogP contribution in [0.5, 0.6) is 0 Å². The second kappa shape index (κ2) is 8.83. The molecule has 5 nitrogen and oxygen atoms in total. The lowest BCUT2D eigenvalue weighted by atomic mass is 9.99. The average molecular weight is 350 g/mol. The lowest BCUT2D eigenvalue weighted by Crippen LogP contribution is -2.35. The highest BCUT2D eigenvalue weighted by Crippen LogP contribution is 2.14. The van der Waals surface area contributed by atoms with Gasteiger partial charge >= 0.3 is 0 Å². The molecule has 0 fully saturated rings. The highest BCUT2D eigenvalue weighted by atomic mass is 35.5. The Balaban J connectivity index is 2.02. The van der Waals surface area contributed by atoms with E-state index in [-0.39, 0.29) is 18.0 Å². The quantitative estimate of drug-likeness (QED) is 0.794. The van der Waals surface area contributed by atoms with Crippen molar-refractivity contribution < 1.29 is 4.79 Å². The molecule has 1 N–H and O–H groups in total. The second-order valence-corrected chi connectivity index (χ2v) is 6.50. The maximum absolute atomic E-state index is 12.4. The second-order valence-electron chi connectivity index (χ2n) is 6.06. The molecule has 1 atom stereocenters. The predicted octanol–water partition coefficient (Wildman–Crippen LogP) is 3.38. The summed E-state index contributed by atoms with van der Waals surface area (Å²) >= 11 is 5.94. The number of rotatable bonds is 8. The number of nitrogens with one attached hydrogen (secondary N) is 1. The molecule has 24 heavy (non-hydrogen) atoms. The first-order valence-corrected chi connectivity index (χ1v) is 8.84. The number of carbonyl (C=O) groups is 1. The summed E-state index contributed by atoms with van der Waals surface area (Å²) < 4.78 is 1.32. The third-order valence-electron chi connectivity index (χ3n) is 4.23. The van der Waals surface area contributed by atoms with Crippen LogP contribution in [0.3, 0.4) is 0 Å². The van der Waals surface area contributed by atoms with E-state index < -0.39 is 0 Å². The Labute approximate surface area is 147 Å². The van der Waals surface area contributed by atoms with Crippen LogP contribution in [0, 0.1) is 5.92 Å². The highest BCUT2D eigenvalue weighted by molar-refractivity contribution is 6.31. The van der Waals surface area contributed by atoms with Crippen LogP contribution < -0.4 is 10.9 Å². The van der Waals surface area contributed by atoms with Gasteiger partial charge in [0.25, 0.3) is 5.56 Å². The maximum atomic E-state index is 12.4. The van der Waals surface area contributed by atoms with Crippen molar-refractivity contribution in [3.8, 4) is 0 Å². The zero-order valence-corrected chi connectivity index (χ0v) is 15.0. The predicted molar refractivity (Wildman–Crippen MR) is 97.3 cm³/mol. The number of benzene rings is 1. The van der Waals surface area contributed by atoms with E-state index in [9.17, 15) is 9.59 Å². The molecule has 0 aliphatic heterocycles. The van der Waals surface area contributed by atoms with Gasteiger partial charge in [-0.25, -0.2) is 4.98 Å². The molecule has 0 aliphatic carbocycles. The summed E-state index contributed by atoms with van der Waals surface area (Å²) in [5.41, 5.74) is 0.322. The van der Waals surface area contributed by atoms with Crippen LogP contribution in [0.25, 0.3) is 10.9 Å². The molecule has 0 saturated carbocycles. The lowest BCUT2D eigenvalue weighted by Gasteiger charge is -2.15. The molecule has 0 aliphatic rings. The zero-order chi connectivity index (χ0) is 17.5. The van der Waals surface area contributed by atoms with E-state index in [4.69, 9.17) is 11.6 Å². The normalized spacial score (nSPS) is 12.3. The Morgan fingerprint density at radius 1 is 1.38 bits per heavy atom. The number of amides is 1. The van der Waals surface area contributed by atoms with Crippen molar-refractivity contribution in [2.45, 2.75) is 46.1 Å². The molecule has 2 rings (SSSR count). The first-order chi connectivity index (χ1) is 11.5. The Morgan fingerprint density at radius 3 is 2.88 bits per heavy atom. The molecular formula is C18H24ClN3O2. The first-order valence-electron chi connectivity index (χ1n) is 8.46. The van der Waals surface area contributed by atoms with Crippen molar-refractivity contribution in [1.29, 1.82) is 0 Å². The third kappa shape index (κ3) is 4.81. The molecule has 1 aromatic heterocycles. The van der Waals surface area contributed by atoms with E-state index in [2.05, 4.69) is 24.1 Å². The van der Waals surface area contributed by atoms with E-state index in [0.717, 1.165) is 19.3 Å². The number of aromatic nitrogens is 2. The van der Waals surface area contributed by atoms with Crippen LogP contribution in [0.15, 0.2) is 29.3 Å². The van der Waals surface area contributed by atoms with Gasteiger partial charge in [0.15, 0.2) is 0 Å². The van der Waals surface area contributed by atoms with Crippen LogP contribution in [0.2, 0.25) is 5.02 Å². The summed E-state index contributed by atoms with van der Waals surface area (Å²) in [6.45, 7) is 4.92. The van der Waals surface area contributed by atoms with Crippen molar-refractivity contribution in [2.24, 2.45) is 5.92 Å². The van der Waals surface area contributed by atoms with Crippen LogP contribution >= 0.6 is 11.6 Å². The molecule has 0 radical (unpaired) electrons. The SMILES string of the molecule is CCCC[C@H](CC)CNC(=O)Cn1cnc2ccc(Cl)cc2c1=O. The summed E-state index contributed by atoms with van der Waals surface area (Å²) in [7, 11) is 0. The highest BCUT2D eigenvalue weighted by Gasteiger charge is 2.11. The van der Waals surface area contributed by atoms with Crippen LogP contribution in [0.1, 0.15) is 39.5 Å². The lowest BCUT2D eigenvalue weighted by molar-refractivity contribution is -0.121. The van der Waals surface area contributed by atoms with Gasteiger partial charge in [0, 0.05) is 11.6 Å². The minimum atomic E-state index is -0.254. The number of fused-ring (bicyclic) bond motifs is 1. The molecule has 2 aromatic rings. The third-order valence-corrected chi connectivity index (χ3v) is 4.47. The van der Waals surface area contributed by atoms with Crippen molar-refractivity contribution in [3.05, 3.63) is 39.9 Å². The minimum Gasteiger partial charge on any atom is -0.354 e. The smallest absolute Gasteiger partial charge is 0.261 e. The Hall–Kier alpha value is -1.88. The van der Waals surface area contributed by atoms with Gasteiger partial charge in [0.1, 0.15) is 6.54 Å². The summed E-state index contributed by atoms with van der Waals surface area (Å²) in [6.07, 6.45) is 5.89. The van der Waals surface area contributed by atoms with Gasteiger partial charge in [-0.3, -0.25) is 14.2 Å². The number of nitrogens with zero attached hydrogens (tertiary/aromatic N) is 2. The number of hydrogen-bond donors (Lipinski definition) is 1. The summed E-state index contributed by atoms with van der Waals surface area (Å²) in [5, 5.41) is 3.83. The van der Waals surface area contributed by atoms with Crippen LogP contribution in [-0.2, 0) is 11.3 Å². The molecule has 0 unspecified atom stereocenters. The molecular weight excluding hydrogens is 326 g/mol. The maximum Gasteiger partial charge on any atom is 0.261 e. The average Bonchev–Trinajstić information content (AvgIpc) is 2.58. The van der Waals surface area contributed by atoms with Crippen molar-refractivity contribution >= 4 is 28.4 Å². The summed E-state index contributed by atoms with van der Waals surface area (Å²) in [5.74, 6) is 0.314.